The molecule has 1 unspecified atom stereocenters. The molecular formula is C10H15N3O5S. The molecule has 1 atom stereocenters. The third-order valence-electron chi connectivity index (χ3n) is 2.99. The van der Waals surface area contributed by atoms with Crippen LogP contribution in [0, 0.1) is 0 Å². The molecule has 0 radical (unpaired) electrons. The minimum absolute atomic E-state index is 0.0936. The monoisotopic (exact) mass is 289 g/mol. The molecule has 19 heavy (non-hydrogen) atoms. The summed E-state index contributed by atoms with van der Waals surface area (Å²) in [5.41, 5.74) is -1.60. The lowest BCUT2D eigenvalue weighted by molar-refractivity contribution is -0.144. The number of nitrogens with zero attached hydrogens (tertiary/aromatic N) is 1. The van der Waals surface area contributed by atoms with Crippen LogP contribution in [0.3, 0.4) is 0 Å². The largest absolute Gasteiger partial charge is 0.480 e. The standard InChI is InChI=1S/C10H15N3O5S/c1-2-7-11-5-8(12-7)19(16,17)13-10(9(14)15)3-4-18-6-10/h5,13H,2-4,6H2,1H3,(H,11,12)(H,14,15). The quantitative estimate of drug-likeness (QED) is 0.671. The highest BCUT2D eigenvalue weighted by molar-refractivity contribution is 7.89. The SMILES string of the molecule is CCc1ncc(S(=O)(=O)NC2(C(=O)O)CCOC2)[nH]1. The molecule has 1 fully saturated rings. The number of hydrogen-bond acceptors (Lipinski definition) is 5. The molecule has 3 N–H and O–H groups in total. The molecule has 0 spiro atoms. The summed E-state index contributed by atoms with van der Waals surface area (Å²) in [6, 6.07) is 0. The van der Waals surface area contributed by atoms with Crippen molar-refractivity contribution >= 4 is 16.0 Å². The highest BCUT2D eigenvalue weighted by atomic mass is 32.2. The van der Waals surface area contributed by atoms with Gasteiger partial charge in [-0.3, -0.25) is 4.79 Å². The van der Waals surface area contributed by atoms with Crippen LogP contribution < -0.4 is 4.72 Å². The van der Waals surface area contributed by atoms with E-state index in [4.69, 9.17) is 4.74 Å². The van der Waals surface area contributed by atoms with Crippen LogP contribution in [0.4, 0.5) is 0 Å². The molecule has 106 valence electrons. The fourth-order valence-electron chi connectivity index (χ4n) is 1.83. The molecule has 0 amide bonds. The summed E-state index contributed by atoms with van der Waals surface area (Å²) in [4.78, 5) is 17.8. The van der Waals surface area contributed by atoms with Crippen molar-refractivity contribution in [1.82, 2.24) is 14.7 Å². The van der Waals surface area contributed by atoms with Crippen molar-refractivity contribution in [2.75, 3.05) is 13.2 Å². The first kappa shape index (κ1) is 14.0. The predicted molar refractivity (Wildman–Crippen MR) is 64.1 cm³/mol. The van der Waals surface area contributed by atoms with E-state index >= 15 is 0 Å². The van der Waals surface area contributed by atoms with Gasteiger partial charge in [0.1, 0.15) is 5.82 Å². The van der Waals surface area contributed by atoms with E-state index < -0.39 is 21.5 Å². The number of carboxylic acid groups (broad SMARTS) is 1. The van der Waals surface area contributed by atoms with Crippen LogP contribution in [0.15, 0.2) is 11.2 Å². The van der Waals surface area contributed by atoms with Gasteiger partial charge in [-0.1, -0.05) is 6.92 Å². The van der Waals surface area contributed by atoms with Gasteiger partial charge in [0.2, 0.25) is 0 Å². The van der Waals surface area contributed by atoms with Crippen LogP contribution in [0.5, 0.6) is 0 Å². The number of rotatable bonds is 5. The number of imidazole rings is 1. The number of nitrogens with one attached hydrogen (secondary N) is 2. The number of aromatic amines is 1. The summed E-state index contributed by atoms with van der Waals surface area (Å²) in [5, 5.41) is 9.05. The Morgan fingerprint density at radius 2 is 2.42 bits per heavy atom. The van der Waals surface area contributed by atoms with Crippen molar-refractivity contribution in [3.63, 3.8) is 0 Å². The first-order valence-corrected chi connectivity index (χ1v) is 7.27. The average Bonchev–Trinajstić information content (AvgIpc) is 2.96. The van der Waals surface area contributed by atoms with Crippen LogP contribution >= 0.6 is 0 Å². The summed E-state index contributed by atoms with van der Waals surface area (Å²) in [6.07, 6.45) is 1.82. The summed E-state index contributed by atoms with van der Waals surface area (Å²) in [5.74, 6) is -0.726. The highest BCUT2D eigenvalue weighted by Gasteiger charge is 2.46. The molecule has 2 heterocycles. The average molecular weight is 289 g/mol. The third-order valence-corrected chi connectivity index (χ3v) is 4.44. The van der Waals surface area contributed by atoms with Gasteiger partial charge < -0.3 is 14.8 Å². The molecule has 1 aromatic heterocycles. The van der Waals surface area contributed by atoms with Gasteiger partial charge in [0.15, 0.2) is 10.6 Å². The second-order valence-electron chi connectivity index (χ2n) is 4.34. The van der Waals surface area contributed by atoms with Crippen molar-refractivity contribution in [3.8, 4) is 0 Å². The lowest BCUT2D eigenvalue weighted by Crippen LogP contribution is -2.55. The van der Waals surface area contributed by atoms with E-state index in [0.717, 1.165) is 0 Å². The molecular weight excluding hydrogens is 274 g/mol. The van der Waals surface area contributed by atoms with Gasteiger partial charge in [0, 0.05) is 19.4 Å². The number of carbonyl (C=O) groups is 1. The highest BCUT2D eigenvalue weighted by Crippen LogP contribution is 2.22. The first-order chi connectivity index (χ1) is 8.89. The molecule has 1 aromatic rings. The zero-order valence-electron chi connectivity index (χ0n) is 10.3. The van der Waals surface area contributed by atoms with Gasteiger partial charge in [0.25, 0.3) is 10.0 Å². The molecule has 1 aliphatic heterocycles. The van der Waals surface area contributed by atoms with Crippen molar-refractivity contribution in [2.45, 2.75) is 30.3 Å². The van der Waals surface area contributed by atoms with Crippen LogP contribution in [0.2, 0.25) is 0 Å². The third kappa shape index (κ3) is 2.62. The second-order valence-corrected chi connectivity index (χ2v) is 5.99. The Morgan fingerprint density at radius 3 is 2.89 bits per heavy atom. The summed E-state index contributed by atoms with van der Waals surface area (Å²) in [6.45, 7) is 1.85. The smallest absolute Gasteiger partial charge is 0.327 e. The molecule has 8 nitrogen and oxygen atoms in total. The minimum atomic E-state index is -3.97. The number of carboxylic acids is 1. The van der Waals surface area contributed by atoms with Gasteiger partial charge in [-0.15, -0.1) is 0 Å². The van der Waals surface area contributed by atoms with Gasteiger partial charge >= 0.3 is 5.97 Å². The van der Waals surface area contributed by atoms with Gasteiger partial charge in [0.05, 0.1) is 12.8 Å². The summed E-state index contributed by atoms with van der Waals surface area (Å²) in [7, 11) is -3.97. The molecule has 0 bridgehead atoms. The number of aromatic nitrogens is 2. The van der Waals surface area contributed by atoms with Crippen molar-refractivity contribution in [2.24, 2.45) is 0 Å². The zero-order valence-corrected chi connectivity index (χ0v) is 11.2. The van der Waals surface area contributed by atoms with Crippen molar-refractivity contribution < 1.29 is 23.1 Å². The number of aryl methyl sites for hydroxylation is 1. The van der Waals surface area contributed by atoms with Crippen molar-refractivity contribution in [3.05, 3.63) is 12.0 Å². The lowest BCUT2D eigenvalue weighted by atomic mass is 10.0. The van der Waals surface area contributed by atoms with E-state index in [1.807, 2.05) is 6.92 Å². The Balaban J connectivity index is 2.27. The normalized spacial score (nSPS) is 23.6. The van der Waals surface area contributed by atoms with E-state index in [9.17, 15) is 18.3 Å². The summed E-state index contributed by atoms with van der Waals surface area (Å²) < 4.78 is 31.4. The Hall–Kier alpha value is -1.45. The van der Waals surface area contributed by atoms with Gasteiger partial charge in [-0.25, -0.2) is 13.4 Å². The molecule has 0 aromatic carbocycles. The molecule has 9 heteroatoms. The zero-order chi connectivity index (χ0) is 14.1. The van der Waals surface area contributed by atoms with Crippen LogP contribution in [-0.4, -0.2) is 48.2 Å². The molecule has 1 saturated heterocycles. The van der Waals surface area contributed by atoms with E-state index in [2.05, 4.69) is 14.7 Å². The molecule has 2 rings (SSSR count). The Labute approximate surface area is 110 Å². The van der Waals surface area contributed by atoms with E-state index in [1.54, 1.807) is 0 Å². The van der Waals surface area contributed by atoms with E-state index in [1.165, 1.54) is 6.20 Å². The number of hydrogen-bond donors (Lipinski definition) is 3. The second kappa shape index (κ2) is 4.91. The van der Waals surface area contributed by atoms with Crippen molar-refractivity contribution in [1.29, 1.82) is 0 Å². The predicted octanol–water partition coefficient (Wildman–Crippen LogP) is -0.506. The lowest BCUT2D eigenvalue weighted by Gasteiger charge is -2.22. The Kier molecular flexibility index (Phi) is 3.61. The maximum Gasteiger partial charge on any atom is 0.327 e. The topological polar surface area (TPSA) is 121 Å². The minimum Gasteiger partial charge on any atom is -0.480 e. The number of H-pyrrole nitrogens is 1. The summed E-state index contributed by atoms with van der Waals surface area (Å²) >= 11 is 0. The van der Waals surface area contributed by atoms with Crippen LogP contribution in [-0.2, 0) is 26.0 Å². The van der Waals surface area contributed by atoms with E-state index in [0.29, 0.717) is 12.2 Å². The Bertz CT molecular complexity index is 574. The fraction of sp³-hybridized carbons (Fsp3) is 0.600. The maximum absolute atomic E-state index is 12.1. The fourth-order valence-corrected chi connectivity index (χ4v) is 3.15. The van der Waals surface area contributed by atoms with Crippen LogP contribution in [0.1, 0.15) is 19.2 Å². The van der Waals surface area contributed by atoms with Gasteiger partial charge in [-0.05, 0) is 0 Å². The number of ether oxygens (including phenoxy) is 1. The van der Waals surface area contributed by atoms with Gasteiger partial charge in [-0.2, -0.15) is 4.72 Å². The van der Waals surface area contributed by atoms with E-state index in [-0.39, 0.29) is 24.7 Å². The first-order valence-electron chi connectivity index (χ1n) is 5.78. The Morgan fingerprint density at radius 1 is 1.68 bits per heavy atom. The molecule has 0 saturated carbocycles. The molecule has 0 aliphatic carbocycles. The maximum atomic E-state index is 12.1. The van der Waals surface area contributed by atoms with Crippen LogP contribution in [0.25, 0.3) is 0 Å². The number of aliphatic carboxylic acids is 1. The number of sulfonamides is 1. The molecule has 1 aliphatic rings.